The SMILES string of the molecule is N#Cc1ccc(CS)c(F)c1. The summed E-state index contributed by atoms with van der Waals surface area (Å²) in [6.45, 7) is 0. The Morgan fingerprint density at radius 3 is 2.73 bits per heavy atom. The van der Waals surface area contributed by atoms with Crippen molar-refractivity contribution in [1.82, 2.24) is 0 Å². The number of benzene rings is 1. The minimum Gasteiger partial charge on any atom is -0.207 e. The molecule has 56 valence electrons. The molecule has 0 heterocycles. The molecule has 1 aromatic rings. The molecule has 0 N–H and O–H groups in total. The highest BCUT2D eigenvalue weighted by Crippen LogP contribution is 2.11. The van der Waals surface area contributed by atoms with Gasteiger partial charge in [0, 0.05) is 5.75 Å². The number of hydrogen-bond acceptors (Lipinski definition) is 2. The van der Waals surface area contributed by atoms with Crippen molar-refractivity contribution in [2.24, 2.45) is 0 Å². The minimum atomic E-state index is -0.362. The molecule has 0 spiro atoms. The van der Waals surface area contributed by atoms with Gasteiger partial charge in [-0.3, -0.25) is 0 Å². The van der Waals surface area contributed by atoms with Crippen LogP contribution in [0.15, 0.2) is 18.2 Å². The van der Waals surface area contributed by atoms with Crippen LogP contribution in [0.3, 0.4) is 0 Å². The average Bonchev–Trinajstić information content (AvgIpc) is 2.04. The van der Waals surface area contributed by atoms with Gasteiger partial charge in [-0.25, -0.2) is 4.39 Å². The quantitative estimate of drug-likeness (QED) is 0.636. The zero-order chi connectivity index (χ0) is 8.27. The Bertz CT molecular complexity index is 303. The third-order valence-corrected chi connectivity index (χ3v) is 1.69. The van der Waals surface area contributed by atoms with E-state index in [-0.39, 0.29) is 5.82 Å². The van der Waals surface area contributed by atoms with Crippen LogP contribution in [0.5, 0.6) is 0 Å². The van der Waals surface area contributed by atoms with Crippen LogP contribution >= 0.6 is 12.6 Å². The standard InChI is InChI=1S/C8H6FNS/c9-8-3-6(4-10)1-2-7(8)5-11/h1-3,11H,5H2. The van der Waals surface area contributed by atoms with Gasteiger partial charge in [0.1, 0.15) is 5.82 Å². The molecule has 0 unspecified atom stereocenters. The van der Waals surface area contributed by atoms with E-state index in [2.05, 4.69) is 12.6 Å². The molecule has 1 aromatic carbocycles. The molecule has 0 fully saturated rings. The molecule has 0 aromatic heterocycles. The first-order valence-electron chi connectivity index (χ1n) is 3.07. The van der Waals surface area contributed by atoms with Crippen molar-refractivity contribution in [3.05, 3.63) is 35.1 Å². The van der Waals surface area contributed by atoms with Gasteiger partial charge in [-0.1, -0.05) is 6.07 Å². The van der Waals surface area contributed by atoms with E-state index in [0.29, 0.717) is 16.9 Å². The first kappa shape index (κ1) is 8.09. The number of nitriles is 1. The van der Waals surface area contributed by atoms with Gasteiger partial charge in [0.25, 0.3) is 0 Å². The van der Waals surface area contributed by atoms with Crippen LogP contribution in [0, 0.1) is 17.1 Å². The molecule has 0 saturated heterocycles. The lowest BCUT2D eigenvalue weighted by Crippen LogP contribution is -1.86. The molecule has 0 saturated carbocycles. The number of thiol groups is 1. The van der Waals surface area contributed by atoms with Crippen molar-refractivity contribution in [1.29, 1.82) is 5.26 Å². The molecule has 0 bridgehead atoms. The maximum Gasteiger partial charge on any atom is 0.128 e. The number of nitrogens with zero attached hydrogens (tertiary/aromatic N) is 1. The first-order chi connectivity index (χ1) is 5.27. The van der Waals surface area contributed by atoms with E-state index in [0.717, 1.165) is 0 Å². The van der Waals surface area contributed by atoms with Crippen molar-refractivity contribution in [3.8, 4) is 6.07 Å². The Hall–Kier alpha value is -1.01. The fraction of sp³-hybridized carbons (Fsp3) is 0.125. The summed E-state index contributed by atoms with van der Waals surface area (Å²) in [4.78, 5) is 0. The molecule has 0 radical (unpaired) electrons. The molecule has 1 rings (SSSR count). The second-order valence-electron chi connectivity index (χ2n) is 2.08. The second kappa shape index (κ2) is 3.40. The summed E-state index contributed by atoms with van der Waals surface area (Å²) in [5.74, 6) is -0.00332. The van der Waals surface area contributed by atoms with Gasteiger partial charge in [0.05, 0.1) is 11.6 Å². The zero-order valence-electron chi connectivity index (χ0n) is 5.71. The highest BCUT2D eigenvalue weighted by Gasteiger charge is 2.00. The fourth-order valence-electron chi connectivity index (χ4n) is 0.745. The Labute approximate surface area is 69.9 Å². The van der Waals surface area contributed by atoms with Gasteiger partial charge in [-0.05, 0) is 17.7 Å². The van der Waals surface area contributed by atoms with Gasteiger partial charge in [0.15, 0.2) is 0 Å². The summed E-state index contributed by atoms with van der Waals surface area (Å²) in [7, 11) is 0. The molecule has 0 atom stereocenters. The van der Waals surface area contributed by atoms with E-state index in [1.165, 1.54) is 6.07 Å². The summed E-state index contributed by atoms with van der Waals surface area (Å²) < 4.78 is 12.8. The first-order valence-corrected chi connectivity index (χ1v) is 3.70. The van der Waals surface area contributed by atoms with E-state index in [9.17, 15) is 4.39 Å². The monoisotopic (exact) mass is 167 g/mol. The van der Waals surface area contributed by atoms with Crippen LogP contribution in [0.4, 0.5) is 4.39 Å². The predicted molar refractivity (Wildman–Crippen MR) is 43.8 cm³/mol. The van der Waals surface area contributed by atoms with E-state index in [1.807, 2.05) is 6.07 Å². The highest BCUT2D eigenvalue weighted by atomic mass is 32.1. The van der Waals surface area contributed by atoms with E-state index < -0.39 is 0 Å². The van der Waals surface area contributed by atoms with Gasteiger partial charge in [-0.2, -0.15) is 17.9 Å². The van der Waals surface area contributed by atoms with Crippen molar-refractivity contribution >= 4 is 12.6 Å². The van der Waals surface area contributed by atoms with Crippen LogP contribution in [0.1, 0.15) is 11.1 Å². The zero-order valence-corrected chi connectivity index (χ0v) is 6.61. The number of rotatable bonds is 1. The lowest BCUT2D eigenvalue weighted by atomic mass is 10.1. The molecule has 0 aliphatic rings. The Balaban J connectivity index is 3.12. The van der Waals surface area contributed by atoms with E-state index in [4.69, 9.17) is 5.26 Å². The van der Waals surface area contributed by atoms with Crippen molar-refractivity contribution in [2.75, 3.05) is 0 Å². The smallest absolute Gasteiger partial charge is 0.128 e. The van der Waals surface area contributed by atoms with Crippen molar-refractivity contribution in [3.63, 3.8) is 0 Å². The van der Waals surface area contributed by atoms with Gasteiger partial charge >= 0.3 is 0 Å². The maximum atomic E-state index is 12.8. The molecular formula is C8H6FNS. The molecular weight excluding hydrogens is 161 g/mol. The second-order valence-corrected chi connectivity index (χ2v) is 2.39. The van der Waals surface area contributed by atoms with Crippen molar-refractivity contribution < 1.29 is 4.39 Å². The maximum absolute atomic E-state index is 12.8. The van der Waals surface area contributed by atoms with Crippen LogP contribution < -0.4 is 0 Å². The number of hydrogen-bond donors (Lipinski definition) is 1. The van der Waals surface area contributed by atoms with Gasteiger partial charge in [-0.15, -0.1) is 0 Å². The average molecular weight is 167 g/mol. The summed E-state index contributed by atoms with van der Waals surface area (Å²) >= 11 is 3.92. The molecule has 0 aliphatic carbocycles. The van der Waals surface area contributed by atoms with E-state index in [1.54, 1.807) is 12.1 Å². The Morgan fingerprint density at radius 2 is 2.27 bits per heavy atom. The predicted octanol–water partition coefficient (Wildman–Crippen LogP) is 2.13. The van der Waals surface area contributed by atoms with E-state index >= 15 is 0 Å². The van der Waals surface area contributed by atoms with Crippen LogP contribution in [0.2, 0.25) is 0 Å². The number of halogens is 1. The third kappa shape index (κ3) is 1.72. The molecule has 11 heavy (non-hydrogen) atoms. The van der Waals surface area contributed by atoms with Crippen LogP contribution in [0.25, 0.3) is 0 Å². The Kier molecular flexibility index (Phi) is 2.50. The Morgan fingerprint density at radius 1 is 1.55 bits per heavy atom. The molecule has 1 nitrogen and oxygen atoms in total. The molecule has 0 aliphatic heterocycles. The topological polar surface area (TPSA) is 23.8 Å². The van der Waals surface area contributed by atoms with Crippen LogP contribution in [-0.4, -0.2) is 0 Å². The normalized spacial score (nSPS) is 9.18. The summed E-state index contributed by atoms with van der Waals surface area (Å²) in [5.41, 5.74) is 0.861. The summed E-state index contributed by atoms with van der Waals surface area (Å²) in [6.07, 6.45) is 0. The van der Waals surface area contributed by atoms with Gasteiger partial charge < -0.3 is 0 Å². The minimum absolute atomic E-state index is 0.341. The lowest BCUT2D eigenvalue weighted by molar-refractivity contribution is 0.617. The van der Waals surface area contributed by atoms with Gasteiger partial charge in [0.2, 0.25) is 0 Å². The largest absolute Gasteiger partial charge is 0.207 e. The highest BCUT2D eigenvalue weighted by molar-refractivity contribution is 7.79. The summed E-state index contributed by atoms with van der Waals surface area (Å²) in [6, 6.07) is 6.22. The lowest BCUT2D eigenvalue weighted by Gasteiger charge is -1.97. The van der Waals surface area contributed by atoms with Crippen LogP contribution in [-0.2, 0) is 5.75 Å². The molecule has 0 amide bonds. The van der Waals surface area contributed by atoms with Crippen molar-refractivity contribution in [2.45, 2.75) is 5.75 Å². The third-order valence-electron chi connectivity index (χ3n) is 1.35. The summed E-state index contributed by atoms with van der Waals surface area (Å²) in [5, 5.41) is 8.39. The fourth-order valence-corrected chi connectivity index (χ4v) is 1.00. The molecule has 3 heteroatoms.